The number of hydrogen-bond donors (Lipinski definition) is 4. The summed E-state index contributed by atoms with van der Waals surface area (Å²) in [7, 11) is -4.71. The van der Waals surface area contributed by atoms with Crippen molar-refractivity contribution in [2.75, 3.05) is 6.61 Å². The normalized spacial score (nSPS) is 13.2. The van der Waals surface area contributed by atoms with E-state index >= 15 is 0 Å². The molecule has 7 nitrogen and oxygen atoms in total. The van der Waals surface area contributed by atoms with Crippen molar-refractivity contribution < 1.29 is 28.8 Å². The number of allylic oxidation sites excluding steroid dienone is 1. The van der Waals surface area contributed by atoms with E-state index in [-0.39, 0.29) is 5.91 Å². The average Bonchev–Trinajstić information content (AvgIpc) is 3.17. The largest absolute Gasteiger partial charge is 0.469 e. The summed E-state index contributed by atoms with van der Waals surface area (Å²) in [5.41, 5.74) is 0. The monoisotopic (exact) mass is 814 g/mol. The van der Waals surface area contributed by atoms with Crippen LogP contribution in [0.2, 0.25) is 0 Å². The van der Waals surface area contributed by atoms with Crippen molar-refractivity contribution in [3.8, 4) is 0 Å². The summed E-state index contributed by atoms with van der Waals surface area (Å²) in [5.74, 6) is -0.222. The third kappa shape index (κ3) is 44.4. The van der Waals surface area contributed by atoms with Crippen LogP contribution in [-0.4, -0.2) is 39.6 Å². The second-order valence-corrected chi connectivity index (χ2v) is 18.4. The van der Waals surface area contributed by atoms with Crippen LogP contribution in [0.15, 0.2) is 12.2 Å². The van der Waals surface area contributed by atoms with Crippen molar-refractivity contribution in [3.05, 3.63) is 12.2 Å². The van der Waals surface area contributed by atoms with Crippen molar-refractivity contribution in [1.82, 2.24) is 5.32 Å². The molecular formula is C48H96NO6P. The Bertz CT molecular complexity index is 880. The van der Waals surface area contributed by atoms with Crippen LogP contribution in [0.3, 0.4) is 0 Å². The molecule has 56 heavy (non-hydrogen) atoms. The minimum absolute atomic E-state index is 0.222. The highest BCUT2D eigenvalue weighted by Crippen LogP contribution is 2.36. The van der Waals surface area contributed by atoms with Crippen LogP contribution in [0.5, 0.6) is 0 Å². The number of phosphoric acid groups is 1. The lowest BCUT2D eigenvalue weighted by Gasteiger charge is -2.22. The fraction of sp³-hybridized carbons (Fsp3) is 0.938. The Labute approximate surface area is 348 Å². The molecule has 1 amide bonds. The van der Waals surface area contributed by atoms with Gasteiger partial charge in [-0.2, -0.15) is 0 Å². The van der Waals surface area contributed by atoms with Gasteiger partial charge in [-0.25, -0.2) is 4.57 Å². The summed E-state index contributed by atoms with van der Waals surface area (Å²) < 4.78 is 15.9. The van der Waals surface area contributed by atoms with Crippen LogP contribution in [0.25, 0.3) is 0 Å². The number of carbonyl (C=O) groups is 1. The molecule has 4 N–H and O–H groups in total. The highest BCUT2D eigenvalue weighted by atomic mass is 31.2. The molecule has 0 saturated carbocycles. The summed E-state index contributed by atoms with van der Waals surface area (Å²) in [5, 5.41) is 13.4. The van der Waals surface area contributed by atoms with E-state index in [9.17, 15) is 14.5 Å². The maximum atomic E-state index is 12.6. The van der Waals surface area contributed by atoms with Crippen LogP contribution in [0.4, 0.5) is 0 Å². The smallest absolute Gasteiger partial charge is 0.387 e. The van der Waals surface area contributed by atoms with Gasteiger partial charge in [-0.1, -0.05) is 257 Å². The van der Waals surface area contributed by atoms with E-state index in [1.54, 1.807) is 6.08 Å². The van der Waals surface area contributed by atoms with Crippen molar-refractivity contribution >= 4 is 13.7 Å². The minimum Gasteiger partial charge on any atom is -0.387 e. The fourth-order valence-electron chi connectivity index (χ4n) is 7.76. The van der Waals surface area contributed by atoms with E-state index in [1.807, 2.05) is 6.08 Å². The number of nitrogens with one attached hydrogen (secondary N) is 1. The van der Waals surface area contributed by atoms with Crippen LogP contribution >= 0.6 is 7.82 Å². The molecule has 0 aromatic heterocycles. The Morgan fingerprint density at radius 3 is 1.09 bits per heavy atom. The van der Waals surface area contributed by atoms with Crippen molar-refractivity contribution in [2.24, 2.45) is 0 Å². The number of unbranched alkanes of at least 4 members (excludes halogenated alkanes) is 37. The predicted molar refractivity (Wildman–Crippen MR) is 241 cm³/mol. The van der Waals surface area contributed by atoms with E-state index in [2.05, 4.69) is 23.7 Å². The van der Waals surface area contributed by atoms with Gasteiger partial charge >= 0.3 is 7.82 Å². The quantitative estimate of drug-likeness (QED) is 0.0276. The molecule has 0 fully saturated rings. The van der Waals surface area contributed by atoms with Gasteiger partial charge in [-0.3, -0.25) is 9.32 Å². The van der Waals surface area contributed by atoms with Crippen molar-refractivity contribution in [1.29, 1.82) is 0 Å². The molecule has 0 aromatic carbocycles. The SMILES string of the molecule is CCCCCCCCCC/C=C/[C@@H](O)[C@H](COP(=O)(O)O)NC(=O)CCCCCCCCCCCCCCCCCCCCCCCCCCCCCCCC. The highest BCUT2D eigenvalue weighted by molar-refractivity contribution is 7.46. The molecule has 0 rings (SSSR count). The third-order valence-corrected chi connectivity index (χ3v) is 12.0. The minimum atomic E-state index is -4.71. The fourth-order valence-corrected chi connectivity index (χ4v) is 8.11. The Morgan fingerprint density at radius 2 is 0.786 bits per heavy atom. The molecule has 0 saturated heterocycles. The molecular weight excluding hydrogens is 718 g/mol. The summed E-state index contributed by atoms with van der Waals surface area (Å²) in [6, 6.07) is -0.904. The Balaban J connectivity index is 3.64. The lowest BCUT2D eigenvalue weighted by molar-refractivity contribution is -0.123. The molecule has 0 heterocycles. The zero-order valence-corrected chi connectivity index (χ0v) is 38.2. The van der Waals surface area contributed by atoms with Crippen molar-refractivity contribution in [2.45, 2.75) is 283 Å². The van der Waals surface area contributed by atoms with E-state index in [4.69, 9.17) is 9.79 Å². The molecule has 2 atom stereocenters. The average molecular weight is 814 g/mol. The van der Waals surface area contributed by atoms with E-state index in [0.717, 1.165) is 38.5 Å². The summed E-state index contributed by atoms with van der Waals surface area (Å²) in [6.07, 6.45) is 54.3. The number of carbonyl (C=O) groups excluding carboxylic acids is 1. The Kier molecular flexibility index (Phi) is 43.3. The molecule has 0 aliphatic rings. The first-order chi connectivity index (χ1) is 27.3. The van der Waals surface area contributed by atoms with Gasteiger partial charge in [-0.05, 0) is 19.3 Å². The summed E-state index contributed by atoms with van der Waals surface area (Å²) >= 11 is 0. The molecule has 0 bridgehead atoms. The second kappa shape index (κ2) is 43.8. The maximum absolute atomic E-state index is 12.6. The first kappa shape index (κ1) is 55.3. The van der Waals surface area contributed by atoms with Gasteiger partial charge in [0.1, 0.15) is 0 Å². The maximum Gasteiger partial charge on any atom is 0.469 e. The summed E-state index contributed by atoms with van der Waals surface area (Å²) in [4.78, 5) is 30.9. The molecule has 0 spiro atoms. The topological polar surface area (TPSA) is 116 Å². The van der Waals surface area contributed by atoms with Gasteiger partial charge in [-0.15, -0.1) is 0 Å². The lowest BCUT2D eigenvalue weighted by atomic mass is 10.0. The lowest BCUT2D eigenvalue weighted by Crippen LogP contribution is -2.45. The summed E-state index contributed by atoms with van der Waals surface area (Å²) in [6.45, 7) is 4.07. The first-order valence-corrected chi connectivity index (χ1v) is 26.2. The number of hydrogen-bond acceptors (Lipinski definition) is 4. The first-order valence-electron chi connectivity index (χ1n) is 24.6. The second-order valence-electron chi connectivity index (χ2n) is 17.1. The molecule has 0 radical (unpaired) electrons. The van der Waals surface area contributed by atoms with Crippen LogP contribution in [0, 0.1) is 0 Å². The number of aliphatic hydroxyl groups excluding tert-OH is 1. The van der Waals surface area contributed by atoms with Gasteiger partial charge in [0.15, 0.2) is 0 Å². The van der Waals surface area contributed by atoms with Crippen molar-refractivity contribution in [3.63, 3.8) is 0 Å². The van der Waals surface area contributed by atoms with E-state index in [0.29, 0.717) is 6.42 Å². The predicted octanol–water partition coefficient (Wildman–Crippen LogP) is 15.1. The Morgan fingerprint density at radius 1 is 0.500 bits per heavy atom. The highest BCUT2D eigenvalue weighted by Gasteiger charge is 2.24. The number of rotatable bonds is 46. The number of aliphatic hydroxyl groups is 1. The molecule has 0 aliphatic carbocycles. The van der Waals surface area contributed by atoms with Crippen LogP contribution in [0.1, 0.15) is 271 Å². The number of amides is 1. The van der Waals surface area contributed by atoms with Gasteiger partial charge in [0, 0.05) is 6.42 Å². The third-order valence-electron chi connectivity index (χ3n) is 11.5. The van der Waals surface area contributed by atoms with Crippen LogP contribution in [-0.2, 0) is 13.9 Å². The zero-order valence-electron chi connectivity index (χ0n) is 37.3. The Hall–Kier alpha value is -0.720. The standard InChI is InChI=1S/C48H96NO6P/c1-3-5-7-9-11-13-15-16-17-18-19-20-21-22-23-24-25-26-27-28-29-30-31-32-33-34-36-38-40-42-44-48(51)49-46(45-55-56(52,53)54)47(50)43-41-39-37-35-14-12-10-8-6-4-2/h41,43,46-47,50H,3-40,42,44-45H2,1-2H3,(H,49,51)(H2,52,53,54)/b43-41+/t46-,47+/m0/s1. The van der Waals surface area contributed by atoms with Gasteiger partial charge < -0.3 is 20.2 Å². The number of phosphoric ester groups is 1. The molecule has 0 aliphatic heterocycles. The zero-order chi connectivity index (χ0) is 41.1. The van der Waals surface area contributed by atoms with Crippen LogP contribution < -0.4 is 5.32 Å². The van der Waals surface area contributed by atoms with Gasteiger partial charge in [0.25, 0.3) is 0 Å². The van der Waals surface area contributed by atoms with E-state index in [1.165, 1.54) is 212 Å². The molecule has 334 valence electrons. The van der Waals surface area contributed by atoms with Gasteiger partial charge in [0.2, 0.25) is 5.91 Å². The van der Waals surface area contributed by atoms with E-state index < -0.39 is 26.6 Å². The van der Waals surface area contributed by atoms with Gasteiger partial charge in [0.05, 0.1) is 18.8 Å². The molecule has 0 aromatic rings. The molecule has 8 heteroatoms. The molecule has 0 unspecified atom stereocenters.